The zero-order valence-electron chi connectivity index (χ0n) is 8.62. The Hall–Kier alpha value is -2.37. The summed E-state index contributed by atoms with van der Waals surface area (Å²) in [6, 6.07) is 3.16. The average molecular weight is 218 g/mol. The second kappa shape index (κ2) is 4.01. The van der Waals surface area contributed by atoms with Crippen LogP contribution in [0.5, 0.6) is 0 Å². The van der Waals surface area contributed by atoms with Crippen LogP contribution < -0.4 is 10.6 Å². The minimum Gasteiger partial charge on any atom is -0.396 e. The maximum Gasteiger partial charge on any atom is 0.280 e. The van der Waals surface area contributed by atoms with Crippen LogP contribution in [0.4, 0.5) is 11.4 Å². The van der Waals surface area contributed by atoms with Gasteiger partial charge in [0.2, 0.25) is 0 Å². The van der Waals surface area contributed by atoms with Gasteiger partial charge in [-0.3, -0.25) is 9.78 Å². The molecule has 0 aliphatic heterocycles. The van der Waals surface area contributed by atoms with E-state index in [1.807, 2.05) is 0 Å². The highest BCUT2D eigenvalue weighted by molar-refractivity contribution is 6.05. The molecule has 2 N–H and O–H groups in total. The van der Waals surface area contributed by atoms with Gasteiger partial charge >= 0.3 is 0 Å². The molecule has 82 valence electrons. The number of rotatable bonds is 2. The molecule has 6 heteroatoms. The van der Waals surface area contributed by atoms with E-state index in [2.05, 4.69) is 14.7 Å². The van der Waals surface area contributed by atoms with Crippen molar-refractivity contribution in [3.8, 4) is 0 Å². The second-order valence-corrected chi connectivity index (χ2v) is 3.18. The van der Waals surface area contributed by atoms with E-state index in [4.69, 9.17) is 5.73 Å². The lowest BCUT2D eigenvalue weighted by Crippen LogP contribution is -2.27. The van der Waals surface area contributed by atoms with E-state index in [-0.39, 0.29) is 11.6 Å². The predicted octanol–water partition coefficient (Wildman–Crippen LogP) is 0.928. The molecule has 0 fully saturated rings. The highest BCUT2D eigenvalue weighted by atomic mass is 16.5. The maximum absolute atomic E-state index is 11.9. The first-order valence-electron chi connectivity index (χ1n) is 4.58. The quantitative estimate of drug-likeness (QED) is 0.810. The fourth-order valence-electron chi connectivity index (χ4n) is 1.31. The molecule has 0 atom stereocenters. The average Bonchev–Trinajstić information content (AvgIpc) is 2.81. The summed E-state index contributed by atoms with van der Waals surface area (Å²) in [4.78, 5) is 17.1. The first-order valence-corrected chi connectivity index (χ1v) is 4.58. The van der Waals surface area contributed by atoms with E-state index < -0.39 is 0 Å². The smallest absolute Gasteiger partial charge is 0.280 e. The SMILES string of the molecule is CN(C(=O)c1ccon1)c1ccncc1N. The van der Waals surface area contributed by atoms with Crippen molar-refractivity contribution in [1.82, 2.24) is 10.1 Å². The summed E-state index contributed by atoms with van der Waals surface area (Å²) in [6.07, 6.45) is 4.40. The molecule has 0 saturated carbocycles. The van der Waals surface area contributed by atoms with Crippen molar-refractivity contribution in [2.45, 2.75) is 0 Å². The number of hydrogen-bond donors (Lipinski definition) is 1. The highest BCUT2D eigenvalue weighted by Crippen LogP contribution is 2.21. The lowest BCUT2D eigenvalue weighted by atomic mass is 10.3. The standard InChI is InChI=1S/C10H10N4O2/c1-14(9-2-4-12-6-7(9)11)10(15)8-3-5-16-13-8/h2-6H,11H2,1H3. The van der Waals surface area contributed by atoms with Crippen LogP contribution in [0.1, 0.15) is 10.5 Å². The van der Waals surface area contributed by atoms with E-state index in [1.165, 1.54) is 23.4 Å². The molecule has 0 aromatic carbocycles. The van der Waals surface area contributed by atoms with E-state index in [0.29, 0.717) is 11.4 Å². The fraction of sp³-hybridized carbons (Fsp3) is 0.100. The van der Waals surface area contributed by atoms with Gasteiger partial charge in [0, 0.05) is 19.3 Å². The maximum atomic E-state index is 11.9. The number of nitrogens with two attached hydrogens (primary N) is 1. The molecule has 2 aromatic rings. The van der Waals surface area contributed by atoms with Gasteiger partial charge < -0.3 is 15.2 Å². The van der Waals surface area contributed by atoms with Crippen LogP contribution in [-0.2, 0) is 0 Å². The lowest BCUT2D eigenvalue weighted by molar-refractivity contribution is 0.0984. The van der Waals surface area contributed by atoms with Crippen LogP contribution in [0.3, 0.4) is 0 Å². The number of nitrogen functional groups attached to an aromatic ring is 1. The van der Waals surface area contributed by atoms with Crippen molar-refractivity contribution in [1.29, 1.82) is 0 Å². The summed E-state index contributed by atoms with van der Waals surface area (Å²) in [7, 11) is 1.61. The minimum absolute atomic E-state index is 0.235. The van der Waals surface area contributed by atoms with Gasteiger partial charge in [0.1, 0.15) is 6.26 Å². The molecule has 1 amide bonds. The zero-order valence-corrected chi connectivity index (χ0v) is 8.62. The summed E-state index contributed by atoms with van der Waals surface area (Å²) in [5.41, 5.74) is 6.97. The van der Waals surface area contributed by atoms with Crippen LogP contribution in [0.25, 0.3) is 0 Å². The van der Waals surface area contributed by atoms with Gasteiger partial charge in [0.25, 0.3) is 5.91 Å². The number of pyridine rings is 1. The Labute approximate surface area is 91.7 Å². The highest BCUT2D eigenvalue weighted by Gasteiger charge is 2.17. The van der Waals surface area contributed by atoms with Crippen LogP contribution in [0, 0.1) is 0 Å². The number of anilines is 2. The normalized spacial score (nSPS) is 10.1. The Kier molecular flexibility index (Phi) is 2.55. The predicted molar refractivity (Wildman–Crippen MR) is 57.9 cm³/mol. The second-order valence-electron chi connectivity index (χ2n) is 3.18. The van der Waals surface area contributed by atoms with Gasteiger partial charge in [-0.1, -0.05) is 5.16 Å². The van der Waals surface area contributed by atoms with Crippen LogP contribution in [-0.4, -0.2) is 23.1 Å². The molecular formula is C10H10N4O2. The van der Waals surface area contributed by atoms with Gasteiger partial charge in [0.05, 0.1) is 17.6 Å². The topological polar surface area (TPSA) is 85.2 Å². The van der Waals surface area contributed by atoms with E-state index in [9.17, 15) is 4.79 Å². The largest absolute Gasteiger partial charge is 0.396 e. The van der Waals surface area contributed by atoms with Crippen molar-refractivity contribution in [3.63, 3.8) is 0 Å². The molecule has 0 aliphatic carbocycles. The summed E-state index contributed by atoms with van der Waals surface area (Å²) >= 11 is 0. The van der Waals surface area contributed by atoms with Crippen LogP contribution in [0.2, 0.25) is 0 Å². The molecular weight excluding hydrogens is 208 g/mol. The first-order chi connectivity index (χ1) is 7.70. The lowest BCUT2D eigenvalue weighted by Gasteiger charge is -2.17. The molecule has 0 unspecified atom stereocenters. The third-order valence-electron chi connectivity index (χ3n) is 2.15. The van der Waals surface area contributed by atoms with E-state index >= 15 is 0 Å². The number of nitrogens with zero attached hydrogens (tertiary/aromatic N) is 3. The van der Waals surface area contributed by atoms with Crippen molar-refractivity contribution < 1.29 is 9.32 Å². The number of hydrogen-bond acceptors (Lipinski definition) is 5. The molecule has 0 saturated heterocycles. The number of aromatic nitrogens is 2. The number of carbonyl (C=O) groups is 1. The Morgan fingerprint density at radius 2 is 2.31 bits per heavy atom. The Bertz CT molecular complexity index is 495. The summed E-state index contributed by atoms with van der Waals surface area (Å²) in [5, 5.41) is 3.57. The molecule has 2 rings (SSSR count). The van der Waals surface area contributed by atoms with Gasteiger partial charge in [-0.05, 0) is 6.07 Å². The van der Waals surface area contributed by atoms with Gasteiger partial charge in [-0.2, -0.15) is 0 Å². The van der Waals surface area contributed by atoms with Crippen molar-refractivity contribution >= 4 is 17.3 Å². The van der Waals surface area contributed by atoms with Crippen LogP contribution >= 0.6 is 0 Å². The zero-order chi connectivity index (χ0) is 11.5. The van der Waals surface area contributed by atoms with Crippen LogP contribution in [0.15, 0.2) is 35.3 Å². The molecule has 2 aromatic heterocycles. The number of amides is 1. The van der Waals surface area contributed by atoms with E-state index in [1.54, 1.807) is 19.3 Å². The third kappa shape index (κ3) is 1.72. The van der Waals surface area contributed by atoms with Crippen molar-refractivity contribution in [2.75, 3.05) is 17.7 Å². The Balaban J connectivity index is 2.30. The Morgan fingerprint density at radius 3 is 2.94 bits per heavy atom. The first kappa shape index (κ1) is 10.2. The fourth-order valence-corrected chi connectivity index (χ4v) is 1.31. The molecule has 6 nitrogen and oxygen atoms in total. The number of carbonyl (C=O) groups excluding carboxylic acids is 1. The summed E-state index contributed by atoms with van der Waals surface area (Å²) in [5.74, 6) is -0.286. The molecule has 16 heavy (non-hydrogen) atoms. The van der Waals surface area contributed by atoms with Gasteiger partial charge in [-0.15, -0.1) is 0 Å². The molecule has 0 aliphatic rings. The Morgan fingerprint density at radius 1 is 1.50 bits per heavy atom. The monoisotopic (exact) mass is 218 g/mol. The minimum atomic E-state index is -0.286. The summed E-state index contributed by atoms with van der Waals surface area (Å²) < 4.78 is 4.61. The van der Waals surface area contributed by atoms with Gasteiger partial charge in [-0.25, -0.2) is 0 Å². The molecule has 0 bridgehead atoms. The summed E-state index contributed by atoms with van der Waals surface area (Å²) in [6.45, 7) is 0. The molecule has 0 spiro atoms. The molecule has 2 heterocycles. The van der Waals surface area contributed by atoms with Crippen molar-refractivity contribution in [3.05, 3.63) is 36.5 Å². The third-order valence-corrected chi connectivity index (χ3v) is 2.15. The van der Waals surface area contributed by atoms with Gasteiger partial charge in [0.15, 0.2) is 5.69 Å². The van der Waals surface area contributed by atoms with Crippen molar-refractivity contribution in [2.24, 2.45) is 0 Å². The molecule has 0 radical (unpaired) electrons. The van der Waals surface area contributed by atoms with E-state index in [0.717, 1.165) is 0 Å².